The second kappa shape index (κ2) is 8.74. The number of ether oxygens (including phenoxy) is 2. The van der Waals surface area contributed by atoms with Crippen molar-refractivity contribution in [3.05, 3.63) is 75.5 Å². The maximum absolute atomic E-state index is 13.7. The molecule has 3 rings (SSSR count). The summed E-state index contributed by atoms with van der Waals surface area (Å²) in [7, 11) is 1.40. The number of hydrogen-bond donors (Lipinski definition) is 2. The van der Waals surface area contributed by atoms with Crippen molar-refractivity contribution < 1.29 is 18.7 Å². The van der Waals surface area contributed by atoms with Crippen molar-refractivity contribution in [1.29, 1.82) is 0 Å². The summed E-state index contributed by atoms with van der Waals surface area (Å²) in [4.78, 5) is 26.1. The zero-order chi connectivity index (χ0) is 20.8. The summed E-state index contributed by atoms with van der Waals surface area (Å²) < 4.78 is 24.2. The fourth-order valence-corrected chi connectivity index (χ4v) is 2.24. The number of halogens is 1. The van der Waals surface area contributed by atoms with Gasteiger partial charge in [-0.15, -0.1) is 10.2 Å². The molecule has 0 aliphatic carbocycles. The molecular formula is C19H16FN5O4. The predicted octanol–water partition coefficient (Wildman–Crippen LogP) is 2.29. The number of nitrogens with zero attached hydrogens (tertiary/aromatic N) is 3. The Morgan fingerprint density at radius 1 is 1.21 bits per heavy atom. The van der Waals surface area contributed by atoms with Crippen molar-refractivity contribution in [2.24, 2.45) is 5.10 Å². The molecule has 3 aromatic rings. The molecule has 0 saturated heterocycles. The number of rotatable bonds is 6. The van der Waals surface area contributed by atoms with Crippen LogP contribution in [0.25, 0.3) is 0 Å². The van der Waals surface area contributed by atoms with E-state index in [0.717, 1.165) is 0 Å². The molecule has 0 radical (unpaired) electrons. The highest BCUT2D eigenvalue weighted by Crippen LogP contribution is 2.28. The van der Waals surface area contributed by atoms with E-state index in [-0.39, 0.29) is 34.3 Å². The van der Waals surface area contributed by atoms with Gasteiger partial charge in [-0.1, -0.05) is 12.1 Å². The number of aromatic amines is 1. The highest BCUT2D eigenvalue weighted by molar-refractivity contribution is 5.92. The summed E-state index contributed by atoms with van der Waals surface area (Å²) in [5, 5.41) is 11.4. The van der Waals surface area contributed by atoms with E-state index in [0.29, 0.717) is 5.56 Å². The van der Waals surface area contributed by atoms with Gasteiger partial charge in [0.1, 0.15) is 11.5 Å². The summed E-state index contributed by atoms with van der Waals surface area (Å²) in [5.74, 6) is -1.06. The quantitative estimate of drug-likeness (QED) is 0.283. The van der Waals surface area contributed by atoms with Crippen molar-refractivity contribution in [3.63, 3.8) is 0 Å². The predicted molar refractivity (Wildman–Crippen MR) is 103 cm³/mol. The van der Waals surface area contributed by atoms with Gasteiger partial charge in [-0.3, -0.25) is 9.78 Å². The molecule has 0 aliphatic rings. The molecule has 0 fully saturated rings. The normalized spacial score (nSPS) is 10.7. The summed E-state index contributed by atoms with van der Waals surface area (Å²) in [5.41, 5.74) is 2.83. The minimum Gasteiger partial charge on any atom is -0.493 e. The van der Waals surface area contributed by atoms with Gasteiger partial charge < -0.3 is 9.47 Å². The lowest BCUT2D eigenvalue weighted by Gasteiger charge is -2.10. The smallest absolute Gasteiger partial charge is 0.346 e. The van der Waals surface area contributed by atoms with Gasteiger partial charge in [0.05, 0.1) is 18.9 Å². The molecule has 0 bridgehead atoms. The zero-order valence-electron chi connectivity index (χ0n) is 15.5. The van der Waals surface area contributed by atoms with Gasteiger partial charge in [-0.2, -0.15) is 5.10 Å². The monoisotopic (exact) mass is 397 g/mol. The molecule has 10 heteroatoms. The molecular weight excluding hydrogens is 381 g/mol. The van der Waals surface area contributed by atoms with Crippen molar-refractivity contribution in [1.82, 2.24) is 15.2 Å². The topological polar surface area (TPSA) is 119 Å². The Morgan fingerprint density at radius 2 is 2.00 bits per heavy atom. The Bertz CT molecular complexity index is 1130. The largest absolute Gasteiger partial charge is 0.493 e. The average molecular weight is 397 g/mol. The molecule has 0 aliphatic heterocycles. The van der Waals surface area contributed by atoms with Gasteiger partial charge in [-0.05, 0) is 42.8 Å². The SMILES string of the molecule is COc1cc(/C=N\Nc2nnc(C)c(=O)[nH]2)ccc1OC(=O)c1ccccc1F. The number of carbonyl (C=O) groups excluding carboxylic acids is 1. The Kier molecular flexibility index (Phi) is 5.93. The Hall–Kier alpha value is -4.08. The van der Waals surface area contributed by atoms with Crippen molar-refractivity contribution in [2.75, 3.05) is 12.5 Å². The van der Waals surface area contributed by atoms with Crippen LogP contribution in [0.4, 0.5) is 10.3 Å². The van der Waals surface area contributed by atoms with E-state index in [1.807, 2.05) is 0 Å². The fraction of sp³-hybridized carbons (Fsp3) is 0.105. The maximum Gasteiger partial charge on any atom is 0.346 e. The van der Waals surface area contributed by atoms with Gasteiger partial charge in [0.25, 0.3) is 5.56 Å². The van der Waals surface area contributed by atoms with E-state index in [9.17, 15) is 14.0 Å². The minimum atomic E-state index is -0.841. The minimum absolute atomic E-state index is 0.0826. The van der Waals surface area contributed by atoms with Crippen LogP contribution in [0.1, 0.15) is 21.6 Å². The summed E-state index contributed by atoms with van der Waals surface area (Å²) in [6.07, 6.45) is 1.44. The Morgan fingerprint density at radius 3 is 2.72 bits per heavy atom. The highest BCUT2D eigenvalue weighted by Gasteiger charge is 2.16. The third-order valence-corrected chi connectivity index (χ3v) is 3.73. The molecule has 2 N–H and O–H groups in total. The number of esters is 1. The molecule has 0 atom stereocenters. The van der Waals surface area contributed by atoms with Crippen LogP contribution in [0.3, 0.4) is 0 Å². The van der Waals surface area contributed by atoms with Crippen LogP contribution >= 0.6 is 0 Å². The number of benzene rings is 2. The average Bonchev–Trinajstić information content (AvgIpc) is 2.72. The van der Waals surface area contributed by atoms with Crippen LogP contribution < -0.4 is 20.5 Å². The molecule has 0 saturated carbocycles. The second-order valence-electron chi connectivity index (χ2n) is 5.74. The number of anilines is 1. The third-order valence-electron chi connectivity index (χ3n) is 3.73. The molecule has 0 amide bonds. The van der Waals surface area contributed by atoms with Crippen LogP contribution in [-0.2, 0) is 0 Å². The molecule has 1 aromatic heterocycles. The molecule has 29 heavy (non-hydrogen) atoms. The van der Waals surface area contributed by atoms with E-state index in [2.05, 4.69) is 25.7 Å². The molecule has 148 valence electrons. The lowest BCUT2D eigenvalue weighted by molar-refractivity contribution is 0.0725. The van der Waals surface area contributed by atoms with Gasteiger partial charge >= 0.3 is 5.97 Å². The first kappa shape index (κ1) is 19.7. The number of carbonyl (C=O) groups is 1. The first-order chi connectivity index (χ1) is 14.0. The molecule has 9 nitrogen and oxygen atoms in total. The number of H-pyrrole nitrogens is 1. The lowest BCUT2D eigenvalue weighted by atomic mass is 10.2. The maximum atomic E-state index is 13.7. The van der Waals surface area contributed by atoms with Gasteiger partial charge in [0.15, 0.2) is 11.5 Å². The third kappa shape index (κ3) is 4.80. The van der Waals surface area contributed by atoms with Crippen molar-refractivity contribution in [2.45, 2.75) is 6.92 Å². The first-order valence-electron chi connectivity index (χ1n) is 8.35. The number of methoxy groups -OCH3 is 1. The van der Waals surface area contributed by atoms with E-state index in [1.54, 1.807) is 12.1 Å². The van der Waals surface area contributed by atoms with Crippen LogP contribution in [0.5, 0.6) is 11.5 Å². The molecule has 1 heterocycles. The van der Waals surface area contributed by atoms with Crippen LogP contribution in [-0.4, -0.2) is 34.5 Å². The molecule has 2 aromatic carbocycles. The Labute approximate surface area is 164 Å². The lowest BCUT2D eigenvalue weighted by Crippen LogP contribution is -2.15. The molecule has 0 unspecified atom stereocenters. The van der Waals surface area contributed by atoms with Crippen LogP contribution in [0.15, 0.2) is 52.4 Å². The van der Waals surface area contributed by atoms with E-state index in [1.165, 1.54) is 50.6 Å². The number of hydrazone groups is 1. The van der Waals surface area contributed by atoms with Gasteiger partial charge in [0.2, 0.25) is 5.95 Å². The molecule has 0 spiro atoms. The van der Waals surface area contributed by atoms with Crippen LogP contribution in [0.2, 0.25) is 0 Å². The standard InChI is InChI=1S/C19H16FN5O4/c1-11-17(26)22-19(25-23-11)24-21-10-12-7-8-15(16(9-12)28-2)29-18(27)13-5-3-4-6-14(13)20/h3-10H,1-2H3,(H2,22,24,25,26)/b21-10-. The zero-order valence-corrected chi connectivity index (χ0v) is 15.5. The summed E-state index contributed by atoms with van der Waals surface area (Å²) in [6, 6.07) is 10.2. The van der Waals surface area contributed by atoms with E-state index >= 15 is 0 Å². The van der Waals surface area contributed by atoms with Crippen molar-refractivity contribution >= 4 is 18.1 Å². The summed E-state index contributed by atoms with van der Waals surface area (Å²) in [6.45, 7) is 1.53. The first-order valence-corrected chi connectivity index (χ1v) is 8.35. The number of hydrogen-bond acceptors (Lipinski definition) is 8. The number of aryl methyl sites for hydroxylation is 1. The second-order valence-corrected chi connectivity index (χ2v) is 5.74. The number of nitrogens with one attached hydrogen (secondary N) is 2. The van der Waals surface area contributed by atoms with Crippen molar-refractivity contribution in [3.8, 4) is 11.5 Å². The highest BCUT2D eigenvalue weighted by atomic mass is 19.1. The van der Waals surface area contributed by atoms with E-state index < -0.39 is 11.8 Å². The fourth-order valence-electron chi connectivity index (χ4n) is 2.24. The van der Waals surface area contributed by atoms with Gasteiger partial charge in [-0.25, -0.2) is 14.6 Å². The Balaban J connectivity index is 1.72. The summed E-state index contributed by atoms with van der Waals surface area (Å²) >= 11 is 0. The van der Waals surface area contributed by atoms with Crippen LogP contribution in [0, 0.1) is 12.7 Å². The van der Waals surface area contributed by atoms with Gasteiger partial charge in [0, 0.05) is 0 Å². The van der Waals surface area contributed by atoms with E-state index in [4.69, 9.17) is 9.47 Å². The number of aromatic nitrogens is 3.